The van der Waals surface area contributed by atoms with E-state index in [2.05, 4.69) is 29.9 Å². The van der Waals surface area contributed by atoms with Crippen molar-refractivity contribution in [2.45, 2.75) is 52.0 Å². The first kappa shape index (κ1) is 18.1. The van der Waals surface area contributed by atoms with Gasteiger partial charge < -0.3 is 19.3 Å². The van der Waals surface area contributed by atoms with Crippen LogP contribution in [0.4, 0.5) is 11.6 Å². The number of imidazole rings is 1. The molecule has 0 radical (unpaired) electrons. The number of aryl methyl sites for hydroxylation is 3. The van der Waals surface area contributed by atoms with E-state index in [1.807, 2.05) is 0 Å². The molecule has 3 aromatic rings. The number of fused-ring (bicyclic) bond motifs is 3. The van der Waals surface area contributed by atoms with Gasteiger partial charge in [-0.1, -0.05) is 11.6 Å². The molecule has 0 aromatic carbocycles. The van der Waals surface area contributed by atoms with Crippen LogP contribution in [-0.2, 0) is 17.8 Å². The van der Waals surface area contributed by atoms with Crippen LogP contribution in [0, 0.1) is 12.8 Å². The van der Waals surface area contributed by atoms with Crippen molar-refractivity contribution in [3.8, 4) is 0 Å². The smallest absolute Gasteiger partial charge is 0.230 e. The van der Waals surface area contributed by atoms with Gasteiger partial charge in [0.15, 0.2) is 22.8 Å². The van der Waals surface area contributed by atoms with Crippen molar-refractivity contribution in [2.24, 2.45) is 5.92 Å². The monoisotopic (exact) mass is 395 g/mol. The Morgan fingerprint density at radius 1 is 1.21 bits per heavy atom. The van der Waals surface area contributed by atoms with E-state index in [4.69, 9.17) is 9.51 Å². The third-order valence-electron chi connectivity index (χ3n) is 5.84. The molecule has 0 spiro atoms. The summed E-state index contributed by atoms with van der Waals surface area (Å²) < 4.78 is 7.28. The van der Waals surface area contributed by atoms with E-state index >= 15 is 0 Å². The average Bonchev–Trinajstić information content (AvgIpc) is 3.22. The van der Waals surface area contributed by atoms with Crippen LogP contribution in [0.15, 0.2) is 16.9 Å². The topological polar surface area (TPSA) is 102 Å². The lowest BCUT2D eigenvalue weighted by molar-refractivity contribution is -0.120. The number of carbonyl (C=O) groups excluding carboxylic acids is 1. The van der Waals surface area contributed by atoms with Crippen molar-refractivity contribution in [3.63, 3.8) is 0 Å². The summed E-state index contributed by atoms with van der Waals surface area (Å²) >= 11 is 0. The summed E-state index contributed by atoms with van der Waals surface area (Å²) in [6.07, 6.45) is 7.93. The number of rotatable bonds is 3. The van der Waals surface area contributed by atoms with Gasteiger partial charge in [-0.05, 0) is 32.6 Å². The minimum Gasteiger partial charge on any atom is -0.360 e. The maximum absolute atomic E-state index is 12.7. The van der Waals surface area contributed by atoms with Gasteiger partial charge in [-0.2, -0.15) is 0 Å². The van der Waals surface area contributed by atoms with Crippen LogP contribution in [0.5, 0.6) is 0 Å². The molecule has 152 valence electrons. The molecule has 0 saturated carbocycles. The summed E-state index contributed by atoms with van der Waals surface area (Å²) in [5.74, 6) is 2.91. The molecule has 1 fully saturated rings. The fraction of sp³-hybridized carbons (Fsp3) is 0.550. The van der Waals surface area contributed by atoms with Gasteiger partial charge in [0.1, 0.15) is 17.9 Å². The summed E-state index contributed by atoms with van der Waals surface area (Å²) in [4.78, 5) is 28.9. The van der Waals surface area contributed by atoms with Crippen molar-refractivity contribution in [1.29, 1.82) is 0 Å². The zero-order valence-electron chi connectivity index (χ0n) is 16.6. The second-order valence-electron chi connectivity index (χ2n) is 7.96. The lowest BCUT2D eigenvalue weighted by atomic mass is 9.97. The van der Waals surface area contributed by atoms with Crippen molar-refractivity contribution in [1.82, 2.24) is 24.7 Å². The first-order valence-electron chi connectivity index (χ1n) is 10.4. The lowest BCUT2D eigenvalue weighted by Gasteiger charge is -2.32. The molecular formula is C20H25N7O2. The molecule has 1 unspecified atom stereocenters. The standard InChI is InChI=1S/C20H25N7O2/c1-13-10-15(25-29-13)23-20(28)14-6-5-8-26(11-14)18-17-19(22-12-21-18)27-9-4-2-3-7-16(27)24-17/h10,12,14H,2-9,11H2,1H3,(H,23,25,28). The molecule has 9 nitrogen and oxygen atoms in total. The molecular weight excluding hydrogens is 370 g/mol. The summed E-state index contributed by atoms with van der Waals surface area (Å²) in [7, 11) is 0. The third kappa shape index (κ3) is 3.45. The van der Waals surface area contributed by atoms with E-state index in [0.29, 0.717) is 18.1 Å². The maximum Gasteiger partial charge on any atom is 0.230 e. The van der Waals surface area contributed by atoms with E-state index in [-0.39, 0.29) is 11.8 Å². The first-order valence-corrected chi connectivity index (χ1v) is 10.4. The van der Waals surface area contributed by atoms with Crippen molar-refractivity contribution in [2.75, 3.05) is 23.3 Å². The molecule has 9 heteroatoms. The van der Waals surface area contributed by atoms with Crippen LogP contribution < -0.4 is 10.2 Å². The molecule has 1 atom stereocenters. The van der Waals surface area contributed by atoms with Gasteiger partial charge in [0.2, 0.25) is 5.91 Å². The molecule has 29 heavy (non-hydrogen) atoms. The van der Waals surface area contributed by atoms with Crippen LogP contribution in [0.25, 0.3) is 11.2 Å². The van der Waals surface area contributed by atoms with Crippen molar-refractivity contribution in [3.05, 3.63) is 24.0 Å². The number of hydrogen-bond donors (Lipinski definition) is 1. The highest BCUT2D eigenvalue weighted by Gasteiger charge is 2.29. The van der Waals surface area contributed by atoms with Gasteiger partial charge in [0.05, 0.1) is 5.92 Å². The Bertz CT molecular complexity index is 1040. The lowest BCUT2D eigenvalue weighted by Crippen LogP contribution is -2.41. The predicted octanol–water partition coefficient (Wildman–Crippen LogP) is 2.70. The Morgan fingerprint density at radius 3 is 3.00 bits per heavy atom. The van der Waals surface area contributed by atoms with Crippen LogP contribution >= 0.6 is 0 Å². The minimum absolute atomic E-state index is 0.0334. The molecule has 5 rings (SSSR count). The molecule has 0 aliphatic carbocycles. The van der Waals surface area contributed by atoms with Gasteiger partial charge in [0, 0.05) is 32.1 Å². The zero-order valence-corrected chi connectivity index (χ0v) is 16.6. The van der Waals surface area contributed by atoms with Gasteiger partial charge in [-0.15, -0.1) is 0 Å². The summed E-state index contributed by atoms with van der Waals surface area (Å²) in [5.41, 5.74) is 1.77. The summed E-state index contributed by atoms with van der Waals surface area (Å²) in [6.45, 7) is 4.24. The second-order valence-corrected chi connectivity index (χ2v) is 7.96. The number of aromatic nitrogens is 5. The number of piperidine rings is 1. The van der Waals surface area contributed by atoms with E-state index in [0.717, 1.165) is 61.6 Å². The molecule has 3 aromatic heterocycles. The average molecular weight is 395 g/mol. The Labute approximate surface area is 168 Å². The molecule has 5 heterocycles. The third-order valence-corrected chi connectivity index (χ3v) is 5.84. The number of hydrogen-bond acceptors (Lipinski definition) is 7. The van der Waals surface area contributed by atoms with Crippen LogP contribution in [-0.4, -0.2) is 43.7 Å². The molecule has 2 aliphatic heterocycles. The van der Waals surface area contributed by atoms with E-state index in [9.17, 15) is 4.79 Å². The van der Waals surface area contributed by atoms with Gasteiger partial charge in [0.25, 0.3) is 0 Å². The van der Waals surface area contributed by atoms with E-state index < -0.39 is 0 Å². The Balaban J connectivity index is 1.39. The Kier molecular flexibility index (Phi) is 4.65. The molecule has 0 bridgehead atoms. The first-order chi connectivity index (χ1) is 14.2. The van der Waals surface area contributed by atoms with Gasteiger partial charge >= 0.3 is 0 Å². The number of nitrogens with zero attached hydrogens (tertiary/aromatic N) is 6. The SMILES string of the molecule is Cc1cc(NC(=O)C2CCCN(c3ncnc4c3nc3n4CCCCC3)C2)no1. The normalized spacial score (nSPS) is 19.8. The van der Waals surface area contributed by atoms with Crippen LogP contribution in [0.3, 0.4) is 0 Å². The van der Waals surface area contributed by atoms with Crippen LogP contribution in [0.2, 0.25) is 0 Å². The maximum atomic E-state index is 12.7. The van der Waals surface area contributed by atoms with Crippen molar-refractivity contribution >= 4 is 28.7 Å². The number of anilines is 2. The Hall–Kier alpha value is -2.97. The fourth-order valence-electron chi connectivity index (χ4n) is 4.39. The fourth-order valence-corrected chi connectivity index (χ4v) is 4.39. The zero-order chi connectivity index (χ0) is 19.8. The highest BCUT2D eigenvalue weighted by atomic mass is 16.5. The second kappa shape index (κ2) is 7.46. The largest absolute Gasteiger partial charge is 0.360 e. The van der Waals surface area contributed by atoms with Crippen LogP contribution in [0.1, 0.15) is 43.7 Å². The van der Waals surface area contributed by atoms with E-state index in [1.54, 1.807) is 19.3 Å². The molecule has 1 amide bonds. The predicted molar refractivity (Wildman–Crippen MR) is 108 cm³/mol. The summed E-state index contributed by atoms with van der Waals surface area (Å²) in [5, 5.41) is 6.72. The number of carbonyl (C=O) groups is 1. The summed E-state index contributed by atoms with van der Waals surface area (Å²) in [6, 6.07) is 1.73. The van der Waals surface area contributed by atoms with Gasteiger partial charge in [-0.25, -0.2) is 15.0 Å². The highest BCUT2D eigenvalue weighted by molar-refractivity contribution is 5.92. The molecule has 2 aliphatic rings. The minimum atomic E-state index is -0.133. The highest BCUT2D eigenvalue weighted by Crippen LogP contribution is 2.29. The van der Waals surface area contributed by atoms with E-state index in [1.165, 1.54) is 12.8 Å². The quantitative estimate of drug-likeness (QED) is 0.727. The number of nitrogens with one attached hydrogen (secondary N) is 1. The number of amides is 1. The molecule has 1 N–H and O–H groups in total. The molecule has 1 saturated heterocycles. The Morgan fingerprint density at radius 2 is 2.14 bits per heavy atom. The van der Waals surface area contributed by atoms with Gasteiger partial charge in [-0.3, -0.25) is 4.79 Å². The van der Waals surface area contributed by atoms with Crippen molar-refractivity contribution < 1.29 is 9.32 Å².